The van der Waals surface area contributed by atoms with Crippen molar-refractivity contribution in [1.29, 1.82) is 5.41 Å². The third-order valence-electron chi connectivity index (χ3n) is 2.55. The Balaban J connectivity index is 2.36. The fraction of sp³-hybridized carbons (Fsp3) is 0.0833. The van der Waals surface area contributed by atoms with Gasteiger partial charge in [0, 0.05) is 24.0 Å². The number of nitro groups is 1. The highest BCUT2D eigenvalue weighted by molar-refractivity contribution is 5.86. The largest absolute Gasteiger partial charge is 0.339 e. The number of anilines is 2. The normalized spacial score (nSPS) is 9.95. The van der Waals surface area contributed by atoms with Gasteiger partial charge >= 0.3 is 0 Å². The molecule has 0 saturated heterocycles. The molecule has 0 unspecified atom stereocenters. The smallest absolute Gasteiger partial charge is 0.271 e. The summed E-state index contributed by atoms with van der Waals surface area (Å²) in [4.78, 5) is 18.3. The molecule has 2 aromatic rings. The molecular formula is C12H11N5O2. The highest BCUT2D eigenvalue weighted by Crippen LogP contribution is 2.22. The predicted molar refractivity (Wildman–Crippen MR) is 71.0 cm³/mol. The summed E-state index contributed by atoms with van der Waals surface area (Å²) in [5, 5.41) is 21.0. The minimum absolute atomic E-state index is 0.00724. The number of hydrogen-bond acceptors (Lipinski definition) is 6. The number of non-ortho nitro benzene ring substituents is 1. The zero-order valence-electron chi connectivity index (χ0n) is 10.1. The van der Waals surface area contributed by atoms with Crippen molar-refractivity contribution in [2.24, 2.45) is 0 Å². The fourth-order valence-electron chi connectivity index (χ4n) is 1.59. The number of nitrogens with zero attached hydrogens (tertiary/aromatic N) is 3. The standard InChI is InChI=1S/C12H11N5O2/c1-8-11(6-13)12(15-7-14-8)16-9-3-2-4-10(5-9)17(18)19/h2-7,13H,1H3,(H,14,15,16). The molecule has 7 nitrogen and oxygen atoms in total. The van der Waals surface area contributed by atoms with Gasteiger partial charge in [0.2, 0.25) is 0 Å². The van der Waals surface area contributed by atoms with E-state index in [-0.39, 0.29) is 5.69 Å². The van der Waals surface area contributed by atoms with Gasteiger partial charge in [-0.15, -0.1) is 0 Å². The molecule has 0 radical (unpaired) electrons. The van der Waals surface area contributed by atoms with Crippen molar-refractivity contribution in [3.8, 4) is 0 Å². The van der Waals surface area contributed by atoms with Crippen LogP contribution in [0.15, 0.2) is 30.6 Å². The molecule has 1 aromatic carbocycles. The molecule has 2 N–H and O–H groups in total. The molecule has 0 amide bonds. The van der Waals surface area contributed by atoms with Crippen LogP contribution >= 0.6 is 0 Å². The lowest BCUT2D eigenvalue weighted by atomic mass is 10.2. The Morgan fingerprint density at radius 2 is 2.21 bits per heavy atom. The molecule has 0 aliphatic rings. The maximum absolute atomic E-state index is 10.7. The summed E-state index contributed by atoms with van der Waals surface area (Å²) in [5.74, 6) is 0.447. The van der Waals surface area contributed by atoms with Crippen molar-refractivity contribution in [3.05, 3.63) is 52.0 Å². The Hall–Kier alpha value is -2.83. The summed E-state index contributed by atoms with van der Waals surface area (Å²) in [6, 6.07) is 6.09. The molecule has 96 valence electrons. The molecule has 0 bridgehead atoms. The maximum Gasteiger partial charge on any atom is 0.271 e. The predicted octanol–water partition coefficient (Wildman–Crippen LogP) is 2.43. The first-order valence-electron chi connectivity index (χ1n) is 5.45. The van der Waals surface area contributed by atoms with E-state index >= 15 is 0 Å². The first-order chi connectivity index (χ1) is 9.11. The summed E-state index contributed by atoms with van der Waals surface area (Å²) in [6.07, 6.45) is 2.52. The molecule has 0 aliphatic carbocycles. The van der Waals surface area contributed by atoms with Crippen molar-refractivity contribution < 1.29 is 4.92 Å². The molecule has 0 saturated carbocycles. The molecule has 7 heteroatoms. The second kappa shape index (κ2) is 5.21. The van der Waals surface area contributed by atoms with Crippen molar-refractivity contribution in [1.82, 2.24) is 9.97 Å². The van der Waals surface area contributed by atoms with E-state index in [1.54, 1.807) is 19.1 Å². The lowest BCUT2D eigenvalue weighted by molar-refractivity contribution is -0.384. The Morgan fingerprint density at radius 3 is 2.89 bits per heavy atom. The van der Waals surface area contributed by atoms with Gasteiger partial charge in [-0.1, -0.05) is 6.07 Å². The zero-order valence-corrected chi connectivity index (χ0v) is 10.1. The van der Waals surface area contributed by atoms with Crippen LogP contribution in [0, 0.1) is 22.4 Å². The highest BCUT2D eigenvalue weighted by atomic mass is 16.6. The van der Waals surface area contributed by atoms with Crippen molar-refractivity contribution in [3.63, 3.8) is 0 Å². The molecule has 0 spiro atoms. The lowest BCUT2D eigenvalue weighted by Crippen LogP contribution is -2.02. The van der Waals surface area contributed by atoms with Gasteiger partial charge in [-0.3, -0.25) is 10.1 Å². The average Bonchev–Trinajstić information content (AvgIpc) is 2.39. The van der Waals surface area contributed by atoms with Gasteiger partial charge in [0.1, 0.15) is 12.1 Å². The van der Waals surface area contributed by atoms with E-state index in [0.717, 1.165) is 6.21 Å². The number of aromatic nitrogens is 2. The number of aryl methyl sites for hydroxylation is 1. The monoisotopic (exact) mass is 257 g/mol. The van der Waals surface area contributed by atoms with Gasteiger partial charge in [0.05, 0.1) is 16.2 Å². The minimum atomic E-state index is -0.464. The molecule has 1 aromatic heterocycles. The van der Waals surface area contributed by atoms with Crippen LogP contribution in [0.3, 0.4) is 0 Å². The van der Waals surface area contributed by atoms with Gasteiger partial charge in [-0.25, -0.2) is 9.97 Å². The zero-order chi connectivity index (χ0) is 13.8. The summed E-state index contributed by atoms with van der Waals surface area (Å²) < 4.78 is 0. The Bertz CT molecular complexity index is 642. The first kappa shape index (κ1) is 12.6. The van der Waals surface area contributed by atoms with E-state index in [1.165, 1.54) is 18.5 Å². The van der Waals surface area contributed by atoms with E-state index in [1.807, 2.05) is 0 Å². The van der Waals surface area contributed by atoms with E-state index < -0.39 is 4.92 Å². The number of benzene rings is 1. The molecule has 0 fully saturated rings. The summed E-state index contributed by atoms with van der Waals surface area (Å²) >= 11 is 0. The van der Waals surface area contributed by atoms with Crippen LogP contribution in [0.1, 0.15) is 11.3 Å². The third-order valence-corrected chi connectivity index (χ3v) is 2.55. The summed E-state index contributed by atoms with van der Waals surface area (Å²) in [7, 11) is 0. The lowest BCUT2D eigenvalue weighted by Gasteiger charge is -2.09. The fourth-order valence-corrected chi connectivity index (χ4v) is 1.59. The van der Waals surface area contributed by atoms with Gasteiger partial charge in [-0.05, 0) is 13.0 Å². The maximum atomic E-state index is 10.7. The second-order valence-electron chi connectivity index (χ2n) is 3.80. The SMILES string of the molecule is Cc1ncnc(Nc2cccc([N+](=O)[O-])c2)c1C=N. The second-order valence-corrected chi connectivity index (χ2v) is 3.80. The molecular weight excluding hydrogens is 246 g/mol. The first-order valence-corrected chi connectivity index (χ1v) is 5.45. The van der Waals surface area contributed by atoms with Gasteiger partial charge in [-0.2, -0.15) is 0 Å². The van der Waals surface area contributed by atoms with E-state index in [4.69, 9.17) is 5.41 Å². The number of hydrogen-bond donors (Lipinski definition) is 2. The van der Waals surface area contributed by atoms with Crippen LogP contribution in [0.25, 0.3) is 0 Å². The van der Waals surface area contributed by atoms with Gasteiger partial charge in [0.15, 0.2) is 0 Å². The molecule has 2 rings (SSSR count). The molecule has 19 heavy (non-hydrogen) atoms. The molecule has 1 heterocycles. The number of nitrogens with one attached hydrogen (secondary N) is 2. The summed E-state index contributed by atoms with van der Waals surface area (Å²) in [6.45, 7) is 1.76. The van der Waals surface area contributed by atoms with Crippen molar-refractivity contribution >= 4 is 23.4 Å². The van der Waals surface area contributed by atoms with Gasteiger partial charge < -0.3 is 10.7 Å². The van der Waals surface area contributed by atoms with Crippen LogP contribution in [0.5, 0.6) is 0 Å². The quantitative estimate of drug-likeness (QED) is 0.497. The average molecular weight is 257 g/mol. The molecule has 0 aliphatic heterocycles. The number of rotatable bonds is 4. The van der Waals surface area contributed by atoms with Crippen LogP contribution < -0.4 is 5.32 Å². The number of nitro benzene ring substituents is 1. The minimum Gasteiger partial charge on any atom is -0.339 e. The van der Waals surface area contributed by atoms with Crippen LogP contribution in [-0.2, 0) is 0 Å². The van der Waals surface area contributed by atoms with Gasteiger partial charge in [0.25, 0.3) is 5.69 Å². The Kier molecular flexibility index (Phi) is 3.46. The Morgan fingerprint density at radius 1 is 1.42 bits per heavy atom. The van der Waals surface area contributed by atoms with E-state index in [0.29, 0.717) is 22.8 Å². The van der Waals surface area contributed by atoms with Crippen LogP contribution in [0.4, 0.5) is 17.2 Å². The van der Waals surface area contributed by atoms with Crippen LogP contribution in [0.2, 0.25) is 0 Å². The van der Waals surface area contributed by atoms with E-state index in [9.17, 15) is 10.1 Å². The summed E-state index contributed by atoms with van der Waals surface area (Å²) in [5.41, 5.74) is 1.74. The third kappa shape index (κ3) is 2.71. The van der Waals surface area contributed by atoms with Crippen LogP contribution in [-0.4, -0.2) is 21.1 Å². The molecule has 0 atom stereocenters. The van der Waals surface area contributed by atoms with E-state index in [2.05, 4.69) is 15.3 Å². The highest BCUT2D eigenvalue weighted by Gasteiger charge is 2.09. The Labute approximate surface area is 109 Å². The topological polar surface area (TPSA) is 105 Å². The van der Waals surface area contributed by atoms with Crippen molar-refractivity contribution in [2.75, 3.05) is 5.32 Å². The van der Waals surface area contributed by atoms with Crippen molar-refractivity contribution in [2.45, 2.75) is 6.92 Å².